The van der Waals surface area contributed by atoms with Gasteiger partial charge in [-0.3, -0.25) is 0 Å². The SMILES string of the molecule is COc1ccc(S(=O)(=O)NC(C)Cc2ccc(N(C)C)cc2)cc1Br. The van der Waals surface area contributed by atoms with Gasteiger partial charge in [0.15, 0.2) is 0 Å². The Balaban J connectivity index is 2.08. The van der Waals surface area contributed by atoms with Gasteiger partial charge in [-0.15, -0.1) is 0 Å². The number of halogens is 1. The molecule has 0 aliphatic carbocycles. The van der Waals surface area contributed by atoms with Crippen LogP contribution in [0.2, 0.25) is 0 Å². The van der Waals surface area contributed by atoms with Crippen molar-refractivity contribution in [2.75, 3.05) is 26.1 Å². The first-order valence-electron chi connectivity index (χ1n) is 7.85. The van der Waals surface area contributed by atoms with Crippen molar-refractivity contribution in [1.82, 2.24) is 4.72 Å². The molecule has 2 rings (SSSR count). The quantitative estimate of drug-likeness (QED) is 0.736. The monoisotopic (exact) mass is 426 g/mol. The van der Waals surface area contributed by atoms with E-state index in [1.807, 2.05) is 50.2 Å². The van der Waals surface area contributed by atoms with Gasteiger partial charge in [-0.1, -0.05) is 12.1 Å². The standard InChI is InChI=1S/C18H23BrN2O3S/c1-13(11-14-5-7-15(8-6-14)21(2)3)20-25(22,23)16-9-10-18(24-4)17(19)12-16/h5-10,12-13,20H,11H2,1-4H3. The zero-order valence-corrected chi connectivity index (χ0v) is 17.2. The molecule has 0 fully saturated rings. The van der Waals surface area contributed by atoms with Crippen LogP contribution in [0.4, 0.5) is 5.69 Å². The number of hydrogen-bond donors (Lipinski definition) is 1. The Morgan fingerprint density at radius 1 is 1.16 bits per heavy atom. The molecule has 1 unspecified atom stereocenters. The molecular formula is C18H23BrN2O3S. The Labute approximate surface area is 158 Å². The number of methoxy groups -OCH3 is 1. The lowest BCUT2D eigenvalue weighted by Gasteiger charge is -2.16. The molecule has 0 spiro atoms. The molecule has 0 heterocycles. The molecule has 0 saturated carbocycles. The lowest BCUT2D eigenvalue weighted by molar-refractivity contribution is 0.411. The molecule has 2 aromatic rings. The van der Waals surface area contributed by atoms with Crippen molar-refractivity contribution >= 4 is 31.6 Å². The molecule has 0 aliphatic rings. The topological polar surface area (TPSA) is 58.6 Å². The summed E-state index contributed by atoms with van der Waals surface area (Å²) in [7, 11) is 1.92. The van der Waals surface area contributed by atoms with Gasteiger partial charge in [0.1, 0.15) is 5.75 Å². The van der Waals surface area contributed by atoms with Gasteiger partial charge in [0.2, 0.25) is 10.0 Å². The van der Waals surface area contributed by atoms with Crippen LogP contribution in [0.3, 0.4) is 0 Å². The van der Waals surface area contributed by atoms with Gasteiger partial charge in [-0.25, -0.2) is 13.1 Å². The van der Waals surface area contributed by atoms with Crippen LogP contribution in [0.25, 0.3) is 0 Å². The highest BCUT2D eigenvalue weighted by Gasteiger charge is 2.19. The van der Waals surface area contributed by atoms with Gasteiger partial charge >= 0.3 is 0 Å². The molecule has 0 aliphatic heterocycles. The Morgan fingerprint density at radius 2 is 1.80 bits per heavy atom. The van der Waals surface area contributed by atoms with Crippen LogP contribution in [-0.2, 0) is 16.4 Å². The fraction of sp³-hybridized carbons (Fsp3) is 0.333. The number of sulfonamides is 1. The van der Waals surface area contributed by atoms with Crippen LogP contribution < -0.4 is 14.4 Å². The zero-order chi connectivity index (χ0) is 18.6. The molecule has 1 atom stereocenters. The second-order valence-corrected chi connectivity index (χ2v) is 8.65. The van der Waals surface area contributed by atoms with Crippen molar-refractivity contribution in [1.29, 1.82) is 0 Å². The van der Waals surface area contributed by atoms with Crippen molar-refractivity contribution in [3.8, 4) is 5.75 Å². The van der Waals surface area contributed by atoms with Crippen LogP contribution in [0.5, 0.6) is 5.75 Å². The summed E-state index contributed by atoms with van der Waals surface area (Å²) in [5, 5.41) is 0. The summed E-state index contributed by atoms with van der Waals surface area (Å²) in [6.07, 6.45) is 0.615. The second-order valence-electron chi connectivity index (χ2n) is 6.08. The lowest BCUT2D eigenvalue weighted by Crippen LogP contribution is -2.34. The number of benzene rings is 2. The Morgan fingerprint density at radius 3 is 2.32 bits per heavy atom. The Hall–Kier alpha value is -1.57. The molecule has 25 heavy (non-hydrogen) atoms. The minimum Gasteiger partial charge on any atom is -0.496 e. The molecule has 136 valence electrons. The molecule has 0 bridgehead atoms. The summed E-state index contributed by atoms with van der Waals surface area (Å²) in [6.45, 7) is 1.86. The van der Waals surface area contributed by atoms with Crippen molar-refractivity contribution in [3.05, 3.63) is 52.5 Å². The molecule has 0 aromatic heterocycles. The summed E-state index contributed by atoms with van der Waals surface area (Å²) in [6, 6.07) is 12.6. The third-order valence-corrected chi connectivity index (χ3v) is 5.99. The normalized spacial score (nSPS) is 12.7. The number of nitrogens with one attached hydrogen (secondary N) is 1. The van der Waals surface area contributed by atoms with Gasteiger partial charge in [0.25, 0.3) is 0 Å². The third-order valence-electron chi connectivity index (χ3n) is 3.78. The van der Waals surface area contributed by atoms with Crippen LogP contribution in [0.15, 0.2) is 51.8 Å². The number of anilines is 1. The van der Waals surface area contributed by atoms with Gasteiger partial charge in [0, 0.05) is 25.8 Å². The van der Waals surface area contributed by atoms with E-state index >= 15 is 0 Å². The maximum Gasteiger partial charge on any atom is 0.240 e. The van der Waals surface area contributed by atoms with Crippen molar-refractivity contribution in [2.45, 2.75) is 24.3 Å². The first-order chi connectivity index (χ1) is 11.7. The highest BCUT2D eigenvalue weighted by molar-refractivity contribution is 9.10. The smallest absolute Gasteiger partial charge is 0.240 e. The maximum atomic E-state index is 12.5. The molecular weight excluding hydrogens is 404 g/mol. The van der Waals surface area contributed by atoms with Crippen LogP contribution in [0, 0.1) is 0 Å². The largest absolute Gasteiger partial charge is 0.496 e. The van der Waals surface area contributed by atoms with Gasteiger partial charge in [-0.05, 0) is 65.2 Å². The molecule has 0 radical (unpaired) electrons. The molecule has 2 aromatic carbocycles. The lowest BCUT2D eigenvalue weighted by atomic mass is 10.1. The minimum atomic E-state index is -3.59. The van der Waals surface area contributed by atoms with Gasteiger partial charge < -0.3 is 9.64 Å². The molecule has 5 nitrogen and oxygen atoms in total. The number of hydrogen-bond acceptors (Lipinski definition) is 4. The predicted octanol–water partition coefficient (Wildman–Crippen LogP) is 3.43. The molecule has 1 N–H and O–H groups in total. The van der Waals surface area contributed by atoms with E-state index in [0.29, 0.717) is 16.6 Å². The van der Waals surface area contributed by atoms with Crippen LogP contribution in [0.1, 0.15) is 12.5 Å². The van der Waals surface area contributed by atoms with E-state index in [-0.39, 0.29) is 10.9 Å². The van der Waals surface area contributed by atoms with E-state index in [0.717, 1.165) is 11.3 Å². The van der Waals surface area contributed by atoms with Crippen LogP contribution >= 0.6 is 15.9 Å². The van der Waals surface area contributed by atoms with E-state index in [9.17, 15) is 8.42 Å². The van der Waals surface area contributed by atoms with E-state index in [1.165, 1.54) is 13.2 Å². The van der Waals surface area contributed by atoms with Gasteiger partial charge in [-0.2, -0.15) is 0 Å². The van der Waals surface area contributed by atoms with E-state index < -0.39 is 10.0 Å². The minimum absolute atomic E-state index is 0.204. The number of ether oxygens (including phenoxy) is 1. The second kappa shape index (κ2) is 8.21. The summed E-state index contributed by atoms with van der Waals surface area (Å²) in [4.78, 5) is 2.23. The highest BCUT2D eigenvalue weighted by Crippen LogP contribution is 2.27. The first kappa shape index (κ1) is 19.8. The fourth-order valence-electron chi connectivity index (χ4n) is 2.47. The number of nitrogens with zero attached hydrogens (tertiary/aromatic N) is 1. The summed E-state index contributed by atoms with van der Waals surface area (Å²) in [5.74, 6) is 0.591. The molecule has 0 saturated heterocycles. The fourth-order valence-corrected chi connectivity index (χ4v) is 4.43. The predicted molar refractivity (Wildman–Crippen MR) is 105 cm³/mol. The maximum absolute atomic E-state index is 12.5. The molecule has 0 amide bonds. The average molecular weight is 427 g/mol. The van der Waals surface area contributed by atoms with E-state index in [4.69, 9.17) is 4.74 Å². The van der Waals surface area contributed by atoms with Crippen LogP contribution in [-0.4, -0.2) is 35.7 Å². The first-order valence-corrected chi connectivity index (χ1v) is 10.1. The van der Waals surface area contributed by atoms with Crippen molar-refractivity contribution in [2.24, 2.45) is 0 Å². The highest BCUT2D eigenvalue weighted by atomic mass is 79.9. The van der Waals surface area contributed by atoms with Crippen molar-refractivity contribution < 1.29 is 13.2 Å². The number of rotatable bonds is 7. The Kier molecular flexibility index (Phi) is 6.48. The summed E-state index contributed by atoms with van der Waals surface area (Å²) < 4.78 is 33.6. The average Bonchev–Trinajstić information content (AvgIpc) is 2.54. The zero-order valence-electron chi connectivity index (χ0n) is 14.8. The van der Waals surface area contributed by atoms with E-state index in [2.05, 4.69) is 20.7 Å². The molecule has 7 heteroatoms. The van der Waals surface area contributed by atoms with Crippen molar-refractivity contribution in [3.63, 3.8) is 0 Å². The van der Waals surface area contributed by atoms with E-state index in [1.54, 1.807) is 12.1 Å². The van der Waals surface area contributed by atoms with Gasteiger partial charge in [0.05, 0.1) is 16.5 Å². The Bertz CT molecular complexity index is 821. The summed E-state index contributed by atoms with van der Waals surface area (Å²) in [5.41, 5.74) is 2.19. The summed E-state index contributed by atoms with van der Waals surface area (Å²) >= 11 is 3.32. The third kappa shape index (κ3) is 5.20.